The molecule has 2 aromatic rings. The third kappa shape index (κ3) is 4.65. The van der Waals surface area contributed by atoms with Crippen LogP contribution in [0, 0.1) is 5.82 Å². The average molecular weight is 357 g/mol. The molecule has 2 amide bonds. The molecule has 1 heterocycles. The quantitative estimate of drug-likeness (QED) is 0.827. The third-order valence-corrected chi connectivity index (χ3v) is 4.51. The standard InChI is InChI=1S/C20H24FN3O2/c1-26-17-7-4-15(5-8-17)10-11-22-20(25)23-16-6-9-19(18(21)14-16)24-12-2-3-13-24/h4-9,14H,2-3,10-13H2,1H3,(H2,22,23,25). The lowest BCUT2D eigenvalue weighted by Gasteiger charge is -2.19. The van der Waals surface area contributed by atoms with E-state index in [0.29, 0.717) is 24.3 Å². The van der Waals surface area contributed by atoms with Crippen molar-refractivity contribution in [1.29, 1.82) is 0 Å². The Morgan fingerprint density at radius 1 is 1.15 bits per heavy atom. The number of ether oxygens (including phenoxy) is 1. The highest BCUT2D eigenvalue weighted by Crippen LogP contribution is 2.26. The van der Waals surface area contributed by atoms with E-state index in [1.54, 1.807) is 19.2 Å². The summed E-state index contributed by atoms with van der Waals surface area (Å²) in [5.41, 5.74) is 2.16. The molecule has 0 spiro atoms. The molecule has 138 valence electrons. The monoisotopic (exact) mass is 357 g/mol. The van der Waals surface area contributed by atoms with Gasteiger partial charge in [0.05, 0.1) is 12.8 Å². The maximum atomic E-state index is 14.3. The molecule has 0 bridgehead atoms. The number of nitrogens with zero attached hydrogens (tertiary/aromatic N) is 1. The van der Waals surface area contributed by atoms with Gasteiger partial charge in [-0.1, -0.05) is 12.1 Å². The first-order valence-corrected chi connectivity index (χ1v) is 8.88. The maximum absolute atomic E-state index is 14.3. The molecular formula is C20H24FN3O2. The number of halogens is 1. The van der Waals surface area contributed by atoms with Crippen molar-refractivity contribution in [2.75, 3.05) is 37.0 Å². The molecule has 0 aliphatic carbocycles. The van der Waals surface area contributed by atoms with Crippen LogP contribution in [0.25, 0.3) is 0 Å². The predicted molar refractivity (Wildman–Crippen MR) is 102 cm³/mol. The van der Waals surface area contributed by atoms with Crippen molar-refractivity contribution in [2.24, 2.45) is 0 Å². The van der Waals surface area contributed by atoms with Crippen LogP contribution in [0.3, 0.4) is 0 Å². The van der Waals surface area contributed by atoms with Gasteiger partial charge in [-0.15, -0.1) is 0 Å². The summed E-state index contributed by atoms with van der Waals surface area (Å²) in [5, 5.41) is 5.46. The Morgan fingerprint density at radius 3 is 2.54 bits per heavy atom. The summed E-state index contributed by atoms with van der Waals surface area (Å²) < 4.78 is 19.4. The molecule has 1 aliphatic heterocycles. The van der Waals surface area contributed by atoms with Gasteiger partial charge in [-0.25, -0.2) is 9.18 Å². The second-order valence-electron chi connectivity index (χ2n) is 6.34. The van der Waals surface area contributed by atoms with Crippen molar-refractivity contribution in [1.82, 2.24) is 5.32 Å². The number of benzene rings is 2. The topological polar surface area (TPSA) is 53.6 Å². The molecule has 3 rings (SSSR count). The highest BCUT2D eigenvalue weighted by Gasteiger charge is 2.16. The molecule has 1 saturated heterocycles. The van der Waals surface area contributed by atoms with Crippen molar-refractivity contribution < 1.29 is 13.9 Å². The van der Waals surface area contributed by atoms with E-state index in [4.69, 9.17) is 4.74 Å². The van der Waals surface area contributed by atoms with E-state index in [1.807, 2.05) is 29.2 Å². The fourth-order valence-corrected chi connectivity index (χ4v) is 3.09. The van der Waals surface area contributed by atoms with Crippen molar-refractivity contribution >= 4 is 17.4 Å². The number of hydrogen-bond acceptors (Lipinski definition) is 3. The number of rotatable bonds is 6. The van der Waals surface area contributed by atoms with E-state index in [9.17, 15) is 9.18 Å². The number of carbonyl (C=O) groups is 1. The lowest BCUT2D eigenvalue weighted by atomic mass is 10.1. The van der Waals surface area contributed by atoms with Crippen molar-refractivity contribution in [3.8, 4) is 5.75 Å². The van der Waals surface area contributed by atoms with E-state index in [0.717, 1.165) is 37.2 Å². The van der Waals surface area contributed by atoms with Gasteiger partial charge in [-0.3, -0.25) is 0 Å². The van der Waals surface area contributed by atoms with Crippen LogP contribution in [0.1, 0.15) is 18.4 Å². The maximum Gasteiger partial charge on any atom is 0.319 e. The zero-order valence-electron chi connectivity index (χ0n) is 14.9. The zero-order chi connectivity index (χ0) is 18.4. The van der Waals surface area contributed by atoms with Crippen LogP contribution in [0.5, 0.6) is 5.75 Å². The van der Waals surface area contributed by atoms with Crippen LogP contribution in [0.2, 0.25) is 0 Å². The second-order valence-corrected chi connectivity index (χ2v) is 6.34. The molecule has 0 radical (unpaired) electrons. The lowest BCUT2D eigenvalue weighted by Crippen LogP contribution is -2.30. The molecule has 2 N–H and O–H groups in total. The number of hydrogen-bond donors (Lipinski definition) is 2. The Hall–Kier alpha value is -2.76. The average Bonchev–Trinajstić information content (AvgIpc) is 3.17. The molecule has 2 aromatic carbocycles. The van der Waals surface area contributed by atoms with Crippen LogP contribution < -0.4 is 20.3 Å². The molecule has 0 unspecified atom stereocenters. The van der Waals surface area contributed by atoms with Crippen LogP contribution >= 0.6 is 0 Å². The normalized spacial score (nSPS) is 13.5. The van der Waals surface area contributed by atoms with Crippen LogP contribution in [-0.2, 0) is 6.42 Å². The highest BCUT2D eigenvalue weighted by molar-refractivity contribution is 5.89. The minimum Gasteiger partial charge on any atom is -0.497 e. The highest BCUT2D eigenvalue weighted by atomic mass is 19.1. The molecule has 26 heavy (non-hydrogen) atoms. The minimum atomic E-state index is -0.341. The Morgan fingerprint density at radius 2 is 1.88 bits per heavy atom. The number of amides is 2. The number of anilines is 2. The number of urea groups is 1. The largest absolute Gasteiger partial charge is 0.497 e. The van der Waals surface area contributed by atoms with Crippen molar-refractivity contribution in [3.63, 3.8) is 0 Å². The van der Waals surface area contributed by atoms with E-state index in [1.165, 1.54) is 6.07 Å². The first kappa shape index (κ1) is 18.0. The predicted octanol–water partition coefficient (Wildman–Crippen LogP) is 3.80. The van der Waals surface area contributed by atoms with Gasteiger partial charge in [0.25, 0.3) is 0 Å². The van der Waals surface area contributed by atoms with Gasteiger partial charge in [0.2, 0.25) is 0 Å². The summed E-state index contributed by atoms with van der Waals surface area (Å²) in [6.45, 7) is 2.26. The Kier molecular flexibility index (Phi) is 5.94. The van der Waals surface area contributed by atoms with Crippen LogP contribution in [-0.4, -0.2) is 32.8 Å². The third-order valence-electron chi connectivity index (χ3n) is 4.51. The van der Waals surface area contributed by atoms with Crippen LogP contribution in [0.15, 0.2) is 42.5 Å². The minimum absolute atomic E-state index is 0.303. The van der Waals surface area contributed by atoms with Crippen molar-refractivity contribution in [3.05, 3.63) is 53.8 Å². The van der Waals surface area contributed by atoms with Gasteiger partial charge in [0, 0.05) is 25.3 Å². The van der Waals surface area contributed by atoms with Crippen molar-refractivity contribution in [2.45, 2.75) is 19.3 Å². The van der Waals surface area contributed by atoms with Gasteiger partial charge in [0.15, 0.2) is 0 Å². The van der Waals surface area contributed by atoms with Gasteiger partial charge in [-0.05, 0) is 55.2 Å². The molecule has 1 fully saturated rings. The summed E-state index contributed by atoms with van der Waals surface area (Å²) >= 11 is 0. The van der Waals surface area contributed by atoms with Gasteiger partial charge in [-0.2, -0.15) is 0 Å². The molecular weight excluding hydrogens is 333 g/mol. The zero-order valence-corrected chi connectivity index (χ0v) is 14.9. The molecule has 0 atom stereocenters. The molecule has 5 nitrogen and oxygen atoms in total. The summed E-state index contributed by atoms with van der Waals surface area (Å²) in [4.78, 5) is 14.0. The van der Waals surface area contributed by atoms with Crippen LogP contribution in [0.4, 0.5) is 20.6 Å². The van der Waals surface area contributed by atoms with E-state index >= 15 is 0 Å². The first-order chi connectivity index (χ1) is 12.7. The smallest absolute Gasteiger partial charge is 0.319 e. The lowest BCUT2D eigenvalue weighted by molar-refractivity contribution is 0.252. The molecule has 0 aromatic heterocycles. The summed E-state index contributed by atoms with van der Waals surface area (Å²) in [6.07, 6.45) is 2.89. The van der Waals surface area contributed by atoms with Gasteiger partial charge < -0.3 is 20.3 Å². The molecule has 6 heteroatoms. The van der Waals surface area contributed by atoms with E-state index in [-0.39, 0.29) is 11.8 Å². The van der Waals surface area contributed by atoms with E-state index in [2.05, 4.69) is 10.6 Å². The summed E-state index contributed by atoms with van der Waals surface area (Å²) in [6, 6.07) is 12.2. The molecule has 1 aliphatic rings. The second kappa shape index (κ2) is 8.56. The fourth-order valence-electron chi connectivity index (χ4n) is 3.09. The number of nitrogens with one attached hydrogen (secondary N) is 2. The van der Waals surface area contributed by atoms with Gasteiger partial charge >= 0.3 is 6.03 Å². The molecule has 0 saturated carbocycles. The summed E-state index contributed by atoms with van der Waals surface area (Å²) in [7, 11) is 1.63. The Balaban J connectivity index is 1.47. The van der Waals surface area contributed by atoms with Gasteiger partial charge in [0.1, 0.15) is 11.6 Å². The van der Waals surface area contributed by atoms with E-state index < -0.39 is 0 Å². The Labute approximate surface area is 153 Å². The first-order valence-electron chi connectivity index (χ1n) is 8.88. The SMILES string of the molecule is COc1ccc(CCNC(=O)Nc2ccc(N3CCCC3)c(F)c2)cc1. The Bertz CT molecular complexity index is 743. The number of methoxy groups -OCH3 is 1. The summed E-state index contributed by atoms with van der Waals surface area (Å²) in [5.74, 6) is 0.502. The fraction of sp³-hybridized carbons (Fsp3) is 0.350. The number of carbonyl (C=O) groups excluding carboxylic acids is 1.